The van der Waals surface area contributed by atoms with E-state index in [1.807, 2.05) is 17.7 Å². The summed E-state index contributed by atoms with van der Waals surface area (Å²) < 4.78 is 1.91. The van der Waals surface area contributed by atoms with Gasteiger partial charge in [-0.25, -0.2) is 9.78 Å². The van der Waals surface area contributed by atoms with Gasteiger partial charge in [0.05, 0.1) is 10.6 Å². The predicted octanol–water partition coefficient (Wildman–Crippen LogP) is 2.41. The van der Waals surface area contributed by atoms with Crippen LogP contribution in [0.1, 0.15) is 17.3 Å². The minimum Gasteiger partial charge on any atom is -0.478 e. The van der Waals surface area contributed by atoms with Gasteiger partial charge in [-0.1, -0.05) is 11.6 Å². The first-order chi connectivity index (χ1) is 7.15. The lowest BCUT2D eigenvalue weighted by atomic mass is 10.2. The molecule has 5 heteroatoms. The van der Waals surface area contributed by atoms with Crippen molar-refractivity contribution in [1.29, 1.82) is 0 Å². The average Bonchev–Trinajstić information content (AvgIpc) is 2.61. The van der Waals surface area contributed by atoms with Crippen molar-refractivity contribution in [1.82, 2.24) is 9.55 Å². The number of aromatic carboxylic acids is 1. The van der Waals surface area contributed by atoms with Crippen molar-refractivity contribution in [3.8, 4) is 0 Å². The third-order valence-electron chi connectivity index (χ3n) is 2.29. The molecule has 0 saturated heterocycles. The summed E-state index contributed by atoms with van der Waals surface area (Å²) in [5.41, 5.74) is 0.755. The van der Waals surface area contributed by atoms with Crippen LogP contribution in [0.2, 0.25) is 5.02 Å². The van der Waals surface area contributed by atoms with Crippen LogP contribution in [0.4, 0.5) is 0 Å². The van der Waals surface area contributed by atoms with Gasteiger partial charge in [0, 0.05) is 24.3 Å². The molecule has 0 atom stereocenters. The summed E-state index contributed by atoms with van der Waals surface area (Å²) in [6.07, 6.45) is 3.13. The maximum absolute atomic E-state index is 10.8. The van der Waals surface area contributed by atoms with Crippen molar-refractivity contribution in [3.63, 3.8) is 0 Å². The molecule has 2 aromatic heterocycles. The summed E-state index contributed by atoms with van der Waals surface area (Å²) in [6, 6.07) is 1.78. The van der Waals surface area contributed by atoms with Gasteiger partial charge in [0.15, 0.2) is 0 Å². The van der Waals surface area contributed by atoms with Crippen molar-refractivity contribution in [2.45, 2.75) is 13.5 Å². The molecule has 0 aliphatic heterocycles. The fraction of sp³-hybridized carbons (Fsp3) is 0.200. The number of hydrogen-bond acceptors (Lipinski definition) is 2. The van der Waals surface area contributed by atoms with Crippen LogP contribution in [0, 0.1) is 0 Å². The SMILES string of the molecule is CCn1ccc2c(Cl)c(C(=O)O)cnc21. The topological polar surface area (TPSA) is 55.1 Å². The molecular weight excluding hydrogens is 216 g/mol. The van der Waals surface area contributed by atoms with Gasteiger partial charge in [0.25, 0.3) is 0 Å². The number of carboxylic acids is 1. The molecule has 0 bridgehead atoms. The number of fused-ring (bicyclic) bond motifs is 1. The Kier molecular flexibility index (Phi) is 2.36. The van der Waals surface area contributed by atoms with Crippen LogP contribution < -0.4 is 0 Å². The molecule has 0 spiro atoms. The predicted molar refractivity (Wildman–Crippen MR) is 57.4 cm³/mol. The van der Waals surface area contributed by atoms with Crippen LogP contribution in [0.25, 0.3) is 11.0 Å². The van der Waals surface area contributed by atoms with Gasteiger partial charge in [-0.15, -0.1) is 0 Å². The van der Waals surface area contributed by atoms with E-state index in [0.717, 1.165) is 6.54 Å². The normalized spacial score (nSPS) is 10.8. The van der Waals surface area contributed by atoms with Gasteiger partial charge in [0.1, 0.15) is 5.65 Å². The maximum Gasteiger partial charge on any atom is 0.338 e. The zero-order valence-electron chi connectivity index (χ0n) is 8.07. The molecular formula is C10H9ClN2O2. The zero-order chi connectivity index (χ0) is 11.0. The molecule has 0 aliphatic carbocycles. The molecule has 0 unspecified atom stereocenters. The summed E-state index contributed by atoms with van der Waals surface area (Å²) in [5.74, 6) is -1.06. The van der Waals surface area contributed by atoms with Crippen LogP contribution in [0.5, 0.6) is 0 Å². The molecule has 2 heterocycles. The van der Waals surface area contributed by atoms with Gasteiger partial charge in [-0.3, -0.25) is 0 Å². The number of hydrogen-bond donors (Lipinski definition) is 1. The van der Waals surface area contributed by atoms with Crippen LogP contribution in [-0.2, 0) is 6.54 Å². The molecule has 0 amide bonds. The second-order valence-corrected chi connectivity index (χ2v) is 3.51. The van der Waals surface area contributed by atoms with Crippen molar-refractivity contribution < 1.29 is 9.90 Å². The van der Waals surface area contributed by atoms with Gasteiger partial charge in [0.2, 0.25) is 0 Å². The van der Waals surface area contributed by atoms with E-state index in [1.54, 1.807) is 6.07 Å². The Labute approximate surface area is 91.1 Å². The molecule has 2 rings (SSSR count). The van der Waals surface area contributed by atoms with E-state index >= 15 is 0 Å². The Morgan fingerprint density at radius 3 is 3.00 bits per heavy atom. The van der Waals surface area contributed by atoms with E-state index in [-0.39, 0.29) is 10.6 Å². The molecule has 4 nitrogen and oxygen atoms in total. The van der Waals surface area contributed by atoms with E-state index < -0.39 is 5.97 Å². The first-order valence-corrected chi connectivity index (χ1v) is 4.89. The maximum atomic E-state index is 10.8. The Hall–Kier alpha value is -1.55. The van der Waals surface area contributed by atoms with E-state index in [4.69, 9.17) is 16.7 Å². The van der Waals surface area contributed by atoms with Crippen molar-refractivity contribution in [2.75, 3.05) is 0 Å². The highest BCUT2D eigenvalue weighted by Crippen LogP contribution is 2.26. The lowest BCUT2D eigenvalue weighted by Gasteiger charge is -2.02. The summed E-state index contributed by atoms with van der Waals surface area (Å²) in [6.45, 7) is 2.76. The van der Waals surface area contributed by atoms with Crippen LogP contribution in [0.15, 0.2) is 18.5 Å². The second-order valence-electron chi connectivity index (χ2n) is 3.13. The Morgan fingerprint density at radius 2 is 2.40 bits per heavy atom. The first kappa shape index (κ1) is 9.98. The van der Waals surface area contributed by atoms with E-state index in [2.05, 4.69) is 4.98 Å². The largest absolute Gasteiger partial charge is 0.478 e. The number of rotatable bonds is 2. The Balaban J connectivity index is 2.75. The molecule has 0 saturated carbocycles. The van der Waals surface area contributed by atoms with Gasteiger partial charge < -0.3 is 9.67 Å². The highest BCUT2D eigenvalue weighted by Gasteiger charge is 2.14. The van der Waals surface area contributed by atoms with E-state index in [9.17, 15) is 4.79 Å². The number of nitrogens with zero attached hydrogens (tertiary/aromatic N) is 2. The standard InChI is InChI=1S/C10H9ClN2O2/c1-2-13-4-3-6-8(11)7(10(14)15)5-12-9(6)13/h3-5H,2H2,1H3,(H,14,15). The van der Waals surface area contributed by atoms with Gasteiger partial charge >= 0.3 is 5.97 Å². The lowest BCUT2D eigenvalue weighted by Crippen LogP contribution is -2.00. The third-order valence-corrected chi connectivity index (χ3v) is 2.70. The highest BCUT2D eigenvalue weighted by atomic mass is 35.5. The van der Waals surface area contributed by atoms with E-state index in [0.29, 0.717) is 11.0 Å². The molecule has 0 radical (unpaired) electrons. The van der Waals surface area contributed by atoms with Crippen molar-refractivity contribution in [3.05, 3.63) is 29.0 Å². The van der Waals surface area contributed by atoms with Gasteiger partial charge in [-0.2, -0.15) is 0 Å². The van der Waals surface area contributed by atoms with Gasteiger partial charge in [-0.05, 0) is 13.0 Å². The fourth-order valence-electron chi connectivity index (χ4n) is 1.51. The first-order valence-electron chi connectivity index (χ1n) is 4.51. The quantitative estimate of drug-likeness (QED) is 0.852. The zero-order valence-corrected chi connectivity index (χ0v) is 8.82. The lowest BCUT2D eigenvalue weighted by molar-refractivity contribution is 0.0697. The summed E-state index contributed by atoms with van der Waals surface area (Å²) in [4.78, 5) is 14.9. The van der Waals surface area contributed by atoms with Crippen molar-refractivity contribution >= 4 is 28.6 Å². The highest BCUT2D eigenvalue weighted by molar-refractivity contribution is 6.38. The van der Waals surface area contributed by atoms with Crippen molar-refractivity contribution in [2.24, 2.45) is 0 Å². The summed E-state index contributed by atoms with van der Waals surface area (Å²) in [7, 11) is 0. The Morgan fingerprint density at radius 1 is 1.67 bits per heavy atom. The summed E-state index contributed by atoms with van der Waals surface area (Å²) >= 11 is 5.97. The number of pyridine rings is 1. The minimum atomic E-state index is -1.06. The summed E-state index contributed by atoms with van der Waals surface area (Å²) in [5, 5.41) is 9.79. The number of carbonyl (C=O) groups is 1. The third kappa shape index (κ3) is 1.47. The van der Waals surface area contributed by atoms with Crippen LogP contribution in [0.3, 0.4) is 0 Å². The Bertz CT molecular complexity index is 533. The molecule has 2 aromatic rings. The molecule has 0 aromatic carbocycles. The monoisotopic (exact) mass is 224 g/mol. The second kappa shape index (κ2) is 3.55. The molecule has 15 heavy (non-hydrogen) atoms. The van der Waals surface area contributed by atoms with Crippen LogP contribution >= 0.6 is 11.6 Å². The average molecular weight is 225 g/mol. The number of halogens is 1. The fourth-order valence-corrected chi connectivity index (χ4v) is 1.79. The minimum absolute atomic E-state index is 0.0398. The number of carboxylic acid groups (broad SMARTS) is 1. The molecule has 0 aliphatic rings. The smallest absolute Gasteiger partial charge is 0.338 e. The number of aromatic nitrogens is 2. The molecule has 1 N–H and O–H groups in total. The molecule has 78 valence electrons. The number of aryl methyl sites for hydroxylation is 1. The molecule has 0 fully saturated rings. The van der Waals surface area contributed by atoms with Crippen LogP contribution in [-0.4, -0.2) is 20.6 Å². The van der Waals surface area contributed by atoms with E-state index in [1.165, 1.54) is 6.20 Å².